The van der Waals surface area contributed by atoms with Gasteiger partial charge in [-0.1, -0.05) is 12.1 Å². The Balaban J connectivity index is 0.00000220. The summed E-state index contributed by atoms with van der Waals surface area (Å²) in [7, 11) is 0. The number of ether oxygens (including phenoxy) is 1. The predicted molar refractivity (Wildman–Crippen MR) is 96.2 cm³/mol. The molecule has 0 aromatic carbocycles. The van der Waals surface area contributed by atoms with Crippen molar-refractivity contribution in [1.29, 1.82) is 0 Å². The molecule has 2 heterocycles. The molecule has 0 unspecified atom stereocenters. The van der Waals surface area contributed by atoms with Crippen molar-refractivity contribution < 1.29 is 4.74 Å². The largest absolute Gasteiger partial charge is 0.378 e. The molecule has 116 valence electrons. The number of hydrogen-bond acceptors (Lipinski definition) is 4. The highest BCUT2D eigenvalue weighted by Crippen LogP contribution is 2.19. The average molecular weight is 403 g/mol. The smallest absolute Gasteiger partial charge is 0.189 e. The Hall–Kier alpha value is -1.35. The maximum Gasteiger partial charge on any atom is 0.189 e. The van der Waals surface area contributed by atoms with Crippen molar-refractivity contribution >= 4 is 35.8 Å². The lowest BCUT2D eigenvalue weighted by Gasteiger charge is -2.29. The molecule has 1 aromatic rings. The molecule has 1 aliphatic rings. The molecule has 2 rings (SSSR count). The number of morpholine rings is 1. The van der Waals surface area contributed by atoms with Crippen molar-refractivity contribution in [3.05, 3.63) is 36.5 Å². The number of nitrogens with one attached hydrogen (secondary N) is 1. The van der Waals surface area contributed by atoms with E-state index >= 15 is 0 Å². The molecule has 0 saturated carbocycles. The monoisotopic (exact) mass is 403 g/mol. The van der Waals surface area contributed by atoms with Crippen LogP contribution in [0.4, 0.5) is 5.82 Å². The van der Waals surface area contributed by atoms with Gasteiger partial charge in [-0.2, -0.15) is 0 Å². The highest BCUT2D eigenvalue weighted by Gasteiger charge is 2.15. The highest BCUT2D eigenvalue weighted by molar-refractivity contribution is 14.0. The second kappa shape index (κ2) is 9.56. The second-order valence-electron chi connectivity index (χ2n) is 4.46. The first kappa shape index (κ1) is 17.7. The summed E-state index contributed by atoms with van der Waals surface area (Å²) in [5.41, 5.74) is 6.84. The van der Waals surface area contributed by atoms with Crippen LogP contribution in [0.1, 0.15) is 5.56 Å². The van der Waals surface area contributed by atoms with Crippen LogP contribution in [0.15, 0.2) is 36.0 Å². The molecule has 21 heavy (non-hydrogen) atoms. The summed E-state index contributed by atoms with van der Waals surface area (Å²) in [6, 6.07) is 3.95. The van der Waals surface area contributed by atoms with E-state index in [1.807, 2.05) is 12.1 Å². The van der Waals surface area contributed by atoms with E-state index in [4.69, 9.17) is 10.5 Å². The van der Waals surface area contributed by atoms with Crippen molar-refractivity contribution in [1.82, 2.24) is 10.3 Å². The van der Waals surface area contributed by atoms with E-state index in [0.29, 0.717) is 19.0 Å². The number of halogens is 1. The van der Waals surface area contributed by atoms with Gasteiger partial charge in [-0.25, -0.2) is 9.98 Å². The van der Waals surface area contributed by atoms with Crippen molar-refractivity contribution in [2.24, 2.45) is 10.7 Å². The fourth-order valence-electron chi connectivity index (χ4n) is 2.02. The van der Waals surface area contributed by atoms with Gasteiger partial charge in [0.2, 0.25) is 0 Å². The standard InChI is InChI=1S/C14H21N5O.HI/c1-2-5-17-14(15)18-11-12-4-3-6-16-13(12)19-7-9-20-10-8-19;/h2-4,6H,1,5,7-11H2,(H3,15,17,18);1H. The molecule has 7 heteroatoms. The lowest BCUT2D eigenvalue weighted by molar-refractivity contribution is 0.122. The van der Waals surface area contributed by atoms with Crippen LogP contribution in [0.5, 0.6) is 0 Å². The number of aromatic nitrogens is 1. The van der Waals surface area contributed by atoms with Gasteiger partial charge in [-0.15, -0.1) is 30.6 Å². The average Bonchev–Trinajstić information content (AvgIpc) is 2.52. The molecule has 3 N–H and O–H groups in total. The second-order valence-corrected chi connectivity index (χ2v) is 4.46. The van der Waals surface area contributed by atoms with Crippen molar-refractivity contribution in [2.45, 2.75) is 6.54 Å². The summed E-state index contributed by atoms with van der Waals surface area (Å²) in [6.07, 6.45) is 3.54. The first-order chi connectivity index (χ1) is 9.81. The van der Waals surface area contributed by atoms with Crippen LogP contribution in [-0.2, 0) is 11.3 Å². The first-order valence-corrected chi connectivity index (χ1v) is 6.72. The molecule has 0 bridgehead atoms. The summed E-state index contributed by atoms with van der Waals surface area (Å²) in [5.74, 6) is 1.39. The lowest BCUT2D eigenvalue weighted by atomic mass is 10.2. The van der Waals surface area contributed by atoms with E-state index in [0.717, 1.165) is 37.7 Å². The maximum absolute atomic E-state index is 5.77. The molecule has 0 radical (unpaired) electrons. The zero-order valence-electron chi connectivity index (χ0n) is 12.0. The van der Waals surface area contributed by atoms with Gasteiger partial charge in [-0.3, -0.25) is 0 Å². The molecule has 1 fully saturated rings. The summed E-state index contributed by atoms with van der Waals surface area (Å²) >= 11 is 0. The third kappa shape index (κ3) is 5.50. The van der Waals surface area contributed by atoms with Crippen molar-refractivity contribution in [2.75, 3.05) is 37.7 Å². The van der Waals surface area contributed by atoms with Crippen molar-refractivity contribution in [3.63, 3.8) is 0 Å². The molecular formula is C14H22IN5O. The highest BCUT2D eigenvalue weighted by atomic mass is 127. The van der Waals surface area contributed by atoms with Gasteiger partial charge in [-0.05, 0) is 6.07 Å². The van der Waals surface area contributed by atoms with Crippen LogP contribution in [0, 0.1) is 0 Å². The molecule has 6 nitrogen and oxygen atoms in total. The Labute approximate surface area is 142 Å². The van der Waals surface area contributed by atoms with Crippen LogP contribution in [0.25, 0.3) is 0 Å². The van der Waals surface area contributed by atoms with Gasteiger partial charge < -0.3 is 20.7 Å². The van der Waals surface area contributed by atoms with Crippen molar-refractivity contribution in [3.8, 4) is 0 Å². The lowest BCUT2D eigenvalue weighted by Crippen LogP contribution is -2.37. The molecule has 0 atom stereocenters. The zero-order valence-corrected chi connectivity index (χ0v) is 14.3. The molecule has 0 aliphatic carbocycles. The van der Waals surface area contributed by atoms with Crippen LogP contribution in [0.2, 0.25) is 0 Å². The number of rotatable bonds is 5. The zero-order chi connectivity index (χ0) is 14.2. The van der Waals surface area contributed by atoms with Gasteiger partial charge >= 0.3 is 0 Å². The summed E-state index contributed by atoms with van der Waals surface area (Å²) in [5, 5.41) is 2.96. The van der Waals surface area contributed by atoms with Gasteiger partial charge in [0.25, 0.3) is 0 Å². The van der Waals surface area contributed by atoms with E-state index < -0.39 is 0 Å². The summed E-state index contributed by atoms with van der Waals surface area (Å²) in [4.78, 5) is 11.0. The van der Waals surface area contributed by atoms with Crippen LogP contribution < -0.4 is 16.0 Å². The van der Waals surface area contributed by atoms with Crippen LogP contribution >= 0.6 is 24.0 Å². The minimum atomic E-state index is 0. The number of aliphatic imine (C=N–C) groups is 1. The fraction of sp³-hybridized carbons (Fsp3) is 0.429. The molecule has 1 aromatic heterocycles. The number of hydrogen-bond donors (Lipinski definition) is 2. The first-order valence-electron chi connectivity index (χ1n) is 6.72. The van der Waals surface area contributed by atoms with E-state index in [-0.39, 0.29) is 24.0 Å². The topological polar surface area (TPSA) is 75.8 Å². The molecule has 1 saturated heterocycles. The third-order valence-electron chi connectivity index (χ3n) is 3.03. The quantitative estimate of drug-likeness (QED) is 0.334. The number of nitrogens with two attached hydrogens (primary N) is 1. The van der Waals surface area contributed by atoms with Crippen LogP contribution in [0.3, 0.4) is 0 Å². The molecular weight excluding hydrogens is 381 g/mol. The summed E-state index contributed by atoms with van der Waals surface area (Å²) < 4.78 is 5.37. The Morgan fingerprint density at radius 2 is 2.29 bits per heavy atom. The van der Waals surface area contributed by atoms with E-state index in [1.165, 1.54) is 0 Å². The van der Waals surface area contributed by atoms with Gasteiger partial charge in [0, 0.05) is 31.4 Å². The Morgan fingerprint density at radius 3 is 3.00 bits per heavy atom. The van der Waals surface area contributed by atoms with E-state index in [1.54, 1.807) is 12.3 Å². The normalized spacial score (nSPS) is 15.2. The van der Waals surface area contributed by atoms with Gasteiger partial charge in [0.15, 0.2) is 5.96 Å². The number of anilines is 1. The Kier molecular flexibility index (Phi) is 8.06. The minimum absolute atomic E-state index is 0. The molecule has 0 spiro atoms. The predicted octanol–water partition coefficient (Wildman–Crippen LogP) is 1.13. The third-order valence-corrected chi connectivity index (χ3v) is 3.03. The Morgan fingerprint density at radius 1 is 1.52 bits per heavy atom. The van der Waals surface area contributed by atoms with E-state index in [9.17, 15) is 0 Å². The minimum Gasteiger partial charge on any atom is -0.378 e. The number of nitrogens with zero attached hydrogens (tertiary/aromatic N) is 3. The maximum atomic E-state index is 5.77. The Bertz CT molecular complexity index is 474. The van der Waals surface area contributed by atoms with E-state index in [2.05, 4.69) is 26.8 Å². The fourth-order valence-corrected chi connectivity index (χ4v) is 2.02. The molecule has 1 aliphatic heterocycles. The number of pyridine rings is 1. The summed E-state index contributed by atoms with van der Waals surface area (Å²) in [6.45, 7) is 7.94. The van der Waals surface area contributed by atoms with Crippen LogP contribution in [-0.4, -0.2) is 43.8 Å². The van der Waals surface area contributed by atoms with Gasteiger partial charge in [0.05, 0.1) is 19.8 Å². The number of guanidine groups is 1. The SMILES string of the molecule is C=CCNC(N)=NCc1cccnc1N1CCOCC1.I. The van der Waals surface area contributed by atoms with Gasteiger partial charge in [0.1, 0.15) is 5.82 Å². The molecule has 0 amide bonds.